The van der Waals surface area contributed by atoms with E-state index in [0.717, 1.165) is 14.8 Å². The van der Waals surface area contributed by atoms with Gasteiger partial charge in [-0.1, -0.05) is 0 Å². The summed E-state index contributed by atoms with van der Waals surface area (Å²) in [6, 6.07) is 7.59. The summed E-state index contributed by atoms with van der Waals surface area (Å²) in [4.78, 5) is 12.0. The Hall–Kier alpha value is -1.37. The molecule has 0 atom stereocenters. The standard InChI is InChI=1S/C12H12IN3O/c1-8-7-9(13)3-4-10(8)15-12(17)11-5-6-14-16(11)2/h3-7H,1-2H3,(H,15,17). The molecule has 0 saturated carbocycles. The van der Waals surface area contributed by atoms with Gasteiger partial charge in [-0.3, -0.25) is 9.48 Å². The molecule has 4 nitrogen and oxygen atoms in total. The number of halogens is 1. The van der Waals surface area contributed by atoms with Gasteiger partial charge in [-0.25, -0.2) is 0 Å². The van der Waals surface area contributed by atoms with Gasteiger partial charge in [-0.2, -0.15) is 5.10 Å². The molecule has 1 N–H and O–H groups in total. The average molecular weight is 341 g/mol. The molecule has 0 saturated heterocycles. The molecule has 0 unspecified atom stereocenters. The quantitative estimate of drug-likeness (QED) is 0.854. The van der Waals surface area contributed by atoms with Crippen molar-refractivity contribution in [1.29, 1.82) is 0 Å². The smallest absolute Gasteiger partial charge is 0.273 e. The van der Waals surface area contributed by atoms with Gasteiger partial charge in [0.2, 0.25) is 0 Å². The molecule has 17 heavy (non-hydrogen) atoms. The van der Waals surface area contributed by atoms with E-state index in [4.69, 9.17) is 0 Å². The van der Waals surface area contributed by atoms with Gasteiger partial charge in [-0.05, 0) is 59.3 Å². The molecule has 0 aliphatic heterocycles. The van der Waals surface area contributed by atoms with E-state index in [1.54, 1.807) is 24.0 Å². The highest BCUT2D eigenvalue weighted by molar-refractivity contribution is 14.1. The number of rotatable bonds is 2. The molecular formula is C12H12IN3O. The van der Waals surface area contributed by atoms with Gasteiger partial charge < -0.3 is 5.32 Å². The Kier molecular flexibility index (Phi) is 3.46. The summed E-state index contributed by atoms with van der Waals surface area (Å²) in [5.41, 5.74) is 2.42. The first-order valence-electron chi connectivity index (χ1n) is 5.13. The van der Waals surface area contributed by atoms with Crippen molar-refractivity contribution >= 4 is 34.2 Å². The number of hydrogen-bond acceptors (Lipinski definition) is 2. The lowest BCUT2D eigenvalue weighted by Crippen LogP contribution is -2.16. The van der Waals surface area contributed by atoms with E-state index in [-0.39, 0.29) is 5.91 Å². The van der Waals surface area contributed by atoms with Gasteiger partial charge in [0.25, 0.3) is 5.91 Å². The van der Waals surface area contributed by atoms with Crippen LogP contribution in [0.2, 0.25) is 0 Å². The second-order valence-corrected chi connectivity index (χ2v) is 5.00. The number of hydrogen-bond donors (Lipinski definition) is 1. The van der Waals surface area contributed by atoms with Crippen molar-refractivity contribution in [3.8, 4) is 0 Å². The first-order valence-corrected chi connectivity index (χ1v) is 6.21. The molecular weight excluding hydrogens is 329 g/mol. The highest BCUT2D eigenvalue weighted by atomic mass is 127. The van der Waals surface area contributed by atoms with Crippen molar-refractivity contribution in [3.05, 3.63) is 45.3 Å². The summed E-state index contributed by atoms with van der Waals surface area (Å²) >= 11 is 2.24. The predicted molar refractivity (Wildman–Crippen MR) is 75.1 cm³/mol. The van der Waals surface area contributed by atoms with Crippen LogP contribution in [0.4, 0.5) is 5.69 Å². The van der Waals surface area contributed by atoms with E-state index in [0.29, 0.717) is 5.69 Å². The minimum atomic E-state index is -0.144. The number of anilines is 1. The Morgan fingerprint density at radius 3 is 2.76 bits per heavy atom. The summed E-state index contributed by atoms with van der Waals surface area (Å²) in [5, 5.41) is 6.85. The molecule has 0 fully saturated rings. The zero-order valence-corrected chi connectivity index (χ0v) is 11.7. The molecule has 1 heterocycles. The third-order valence-corrected chi connectivity index (χ3v) is 3.16. The summed E-state index contributed by atoms with van der Waals surface area (Å²) in [6.07, 6.45) is 1.61. The van der Waals surface area contributed by atoms with E-state index >= 15 is 0 Å². The molecule has 0 spiro atoms. The predicted octanol–water partition coefficient (Wildman–Crippen LogP) is 2.59. The zero-order valence-electron chi connectivity index (χ0n) is 9.57. The second-order valence-electron chi connectivity index (χ2n) is 3.75. The van der Waals surface area contributed by atoms with Crippen LogP contribution in [0.25, 0.3) is 0 Å². The Morgan fingerprint density at radius 1 is 1.41 bits per heavy atom. The first-order chi connectivity index (χ1) is 8.08. The molecule has 88 valence electrons. The van der Waals surface area contributed by atoms with Gasteiger partial charge in [0.1, 0.15) is 5.69 Å². The summed E-state index contributed by atoms with van der Waals surface area (Å²) in [7, 11) is 1.75. The third kappa shape index (κ3) is 2.66. The van der Waals surface area contributed by atoms with Crippen molar-refractivity contribution in [3.63, 3.8) is 0 Å². The lowest BCUT2D eigenvalue weighted by molar-refractivity contribution is 0.101. The van der Waals surface area contributed by atoms with E-state index in [2.05, 4.69) is 33.0 Å². The largest absolute Gasteiger partial charge is 0.320 e. The highest BCUT2D eigenvalue weighted by Gasteiger charge is 2.10. The zero-order chi connectivity index (χ0) is 12.4. The highest BCUT2D eigenvalue weighted by Crippen LogP contribution is 2.18. The normalized spacial score (nSPS) is 10.3. The number of amides is 1. The molecule has 2 rings (SSSR count). The van der Waals surface area contributed by atoms with Crippen molar-refractivity contribution in [1.82, 2.24) is 9.78 Å². The lowest BCUT2D eigenvalue weighted by atomic mass is 10.2. The molecule has 0 aliphatic carbocycles. The Balaban J connectivity index is 2.22. The minimum absolute atomic E-state index is 0.144. The van der Waals surface area contributed by atoms with Gasteiger partial charge in [0, 0.05) is 22.5 Å². The SMILES string of the molecule is Cc1cc(I)ccc1NC(=O)c1ccnn1C. The lowest BCUT2D eigenvalue weighted by Gasteiger charge is -2.08. The molecule has 1 aromatic carbocycles. The van der Waals surface area contributed by atoms with Crippen LogP contribution in [-0.2, 0) is 7.05 Å². The summed E-state index contributed by atoms with van der Waals surface area (Å²) < 4.78 is 2.70. The van der Waals surface area contributed by atoms with Crippen molar-refractivity contribution in [2.24, 2.45) is 7.05 Å². The van der Waals surface area contributed by atoms with Crippen molar-refractivity contribution < 1.29 is 4.79 Å². The van der Waals surface area contributed by atoms with Crippen LogP contribution in [0.3, 0.4) is 0 Å². The Labute approximate surface area is 113 Å². The monoisotopic (exact) mass is 341 g/mol. The topological polar surface area (TPSA) is 46.9 Å². The first kappa shape index (κ1) is 12.1. The van der Waals surface area contributed by atoms with Crippen LogP contribution >= 0.6 is 22.6 Å². The van der Waals surface area contributed by atoms with Crippen molar-refractivity contribution in [2.45, 2.75) is 6.92 Å². The van der Waals surface area contributed by atoms with Crippen molar-refractivity contribution in [2.75, 3.05) is 5.32 Å². The fourth-order valence-corrected chi connectivity index (χ4v) is 2.20. The molecule has 1 amide bonds. The van der Waals surface area contributed by atoms with Crippen LogP contribution in [0.5, 0.6) is 0 Å². The third-order valence-electron chi connectivity index (χ3n) is 2.49. The van der Waals surface area contributed by atoms with Crippen LogP contribution < -0.4 is 5.32 Å². The van der Waals surface area contributed by atoms with Crippen LogP contribution in [0.15, 0.2) is 30.5 Å². The van der Waals surface area contributed by atoms with E-state index < -0.39 is 0 Å². The average Bonchev–Trinajstić information content (AvgIpc) is 2.68. The van der Waals surface area contributed by atoms with Crippen LogP contribution in [0.1, 0.15) is 16.1 Å². The Bertz CT molecular complexity index is 563. The fourth-order valence-electron chi connectivity index (χ4n) is 1.55. The number of carbonyl (C=O) groups is 1. The van der Waals surface area contributed by atoms with E-state index in [9.17, 15) is 4.79 Å². The number of nitrogens with zero attached hydrogens (tertiary/aromatic N) is 2. The number of benzene rings is 1. The van der Waals surface area contributed by atoms with Gasteiger partial charge in [0.15, 0.2) is 0 Å². The minimum Gasteiger partial charge on any atom is -0.320 e. The van der Waals surface area contributed by atoms with Gasteiger partial charge >= 0.3 is 0 Å². The van der Waals surface area contributed by atoms with Gasteiger partial charge in [0.05, 0.1) is 0 Å². The molecule has 1 aromatic heterocycles. The Morgan fingerprint density at radius 2 is 2.18 bits per heavy atom. The number of carbonyl (C=O) groups excluding carboxylic acids is 1. The van der Waals surface area contributed by atoms with E-state index in [1.165, 1.54) is 0 Å². The molecule has 2 aromatic rings. The molecule has 0 aliphatic rings. The molecule has 0 radical (unpaired) electrons. The number of nitrogens with one attached hydrogen (secondary N) is 1. The summed E-state index contributed by atoms with van der Waals surface area (Å²) in [6.45, 7) is 1.97. The maximum atomic E-state index is 12.0. The summed E-state index contributed by atoms with van der Waals surface area (Å²) in [5.74, 6) is -0.144. The maximum Gasteiger partial charge on any atom is 0.273 e. The van der Waals surface area contributed by atoms with Crippen LogP contribution in [0, 0.1) is 10.5 Å². The van der Waals surface area contributed by atoms with E-state index in [1.807, 2.05) is 25.1 Å². The maximum absolute atomic E-state index is 12.0. The molecule has 5 heteroatoms. The second kappa shape index (κ2) is 4.87. The number of aromatic nitrogens is 2. The molecule has 0 bridgehead atoms. The van der Waals surface area contributed by atoms with Crippen LogP contribution in [-0.4, -0.2) is 15.7 Å². The number of aryl methyl sites for hydroxylation is 2. The van der Waals surface area contributed by atoms with Gasteiger partial charge in [-0.15, -0.1) is 0 Å². The fraction of sp³-hybridized carbons (Fsp3) is 0.167.